The first-order chi connectivity index (χ1) is 11.1. The van der Waals surface area contributed by atoms with Crippen molar-refractivity contribution in [1.82, 2.24) is 4.90 Å². The highest BCUT2D eigenvalue weighted by Crippen LogP contribution is 2.37. The molecule has 0 aliphatic carbocycles. The van der Waals surface area contributed by atoms with Crippen molar-refractivity contribution in [3.05, 3.63) is 35.9 Å². The third-order valence-corrected chi connectivity index (χ3v) is 5.57. The number of rotatable bonds is 3. The van der Waals surface area contributed by atoms with E-state index < -0.39 is 5.41 Å². The molecule has 0 saturated carbocycles. The summed E-state index contributed by atoms with van der Waals surface area (Å²) in [6, 6.07) is 10.4. The smallest absolute Gasteiger partial charge is 0.233 e. The highest BCUT2D eigenvalue weighted by molar-refractivity contribution is 5.88. The summed E-state index contributed by atoms with van der Waals surface area (Å²) < 4.78 is 5.55. The van der Waals surface area contributed by atoms with Gasteiger partial charge in [-0.3, -0.25) is 4.79 Å². The Hall–Kier alpha value is -1.10. The van der Waals surface area contributed by atoms with Gasteiger partial charge < -0.3 is 15.4 Å². The fraction of sp³-hybridized carbons (Fsp3) is 0.632. The molecule has 3 rings (SSSR count). The molecule has 2 saturated heterocycles. The molecule has 2 unspecified atom stereocenters. The van der Waals surface area contributed by atoms with E-state index in [0.717, 1.165) is 44.3 Å². The first kappa shape index (κ1) is 19.2. The molecule has 0 aromatic heterocycles. The van der Waals surface area contributed by atoms with Crippen LogP contribution in [0.25, 0.3) is 0 Å². The van der Waals surface area contributed by atoms with Crippen molar-refractivity contribution >= 4 is 18.3 Å². The van der Waals surface area contributed by atoms with Crippen LogP contribution in [0.4, 0.5) is 0 Å². The lowest BCUT2D eigenvalue weighted by atomic mass is 9.72. The van der Waals surface area contributed by atoms with E-state index in [1.807, 2.05) is 18.2 Å². The van der Waals surface area contributed by atoms with E-state index in [9.17, 15) is 4.79 Å². The van der Waals surface area contributed by atoms with Crippen LogP contribution in [0.5, 0.6) is 0 Å². The summed E-state index contributed by atoms with van der Waals surface area (Å²) >= 11 is 0. The molecule has 0 radical (unpaired) electrons. The van der Waals surface area contributed by atoms with Crippen molar-refractivity contribution in [1.29, 1.82) is 0 Å². The van der Waals surface area contributed by atoms with E-state index in [4.69, 9.17) is 10.5 Å². The first-order valence-electron chi connectivity index (χ1n) is 8.82. The maximum atomic E-state index is 13.5. The van der Waals surface area contributed by atoms with Crippen molar-refractivity contribution < 1.29 is 9.53 Å². The van der Waals surface area contributed by atoms with Gasteiger partial charge in [0, 0.05) is 32.3 Å². The number of carbonyl (C=O) groups excluding carboxylic acids is 1. The molecule has 2 heterocycles. The van der Waals surface area contributed by atoms with E-state index in [0.29, 0.717) is 19.1 Å². The fourth-order valence-corrected chi connectivity index (χ4v) is 4.03. The molecule has 5 heteroatoms. The molecular weight excluding hydrogens is 324 g/mol. The highest BCUT2D eigenvalue weighted by atomic mass is 35.5. The Morgan fingerprint density at radius 3 is 2.58 bits per heavy atom. The predicted molar refractivity (Wildman–Crippen MR) is 98.4 cm³/mol. The molecule has 134 valence electrons. The molecule has 2 atom stereocenters. The average Bonchev–Trinajstić information content (AvgIpc) is 2.62. The number of carbonyl (C=O) groups is 1. The summed E-state index contributed by atoms with van der Waals surface area (Å²) in [7, 11) is 0. The maximum absolute atomic E-state index is 13.5. The maximum Gasteiger partial charge on any atom is 0.233 e. The SMILES string of the molecule is CC(N)C1CCCN(C(=O)C2(c3ccccc3)CCOCC2)C1.Cl. The standard InChI is InChI=1S/C19H28N2O2.ClH/c1-15(20)16-6-5-11-21(14-16)18(22)19(9-12-23-13-10-19)17-7-3-2-4-8-17;/h2-4,7-8,15-16H,5-6,9-14,20H2,1H3;1H. The minimum atomic E-state index is -0.417. The number of nitrogens with two attached hydrogens (primary N) is 1. The predicted octanol–water partition coefficient (Wildman–Crippen LogP) is 2.74. The van der Waals surface area contributed by atoms with Crippen LogP contribution in [0.1, 0.15) is 38.2 Å². The van der Waals surface area contributed by atoms with E-state index in [-0.39, 0.29) is 24.4 Å². The van der Waals surface area contributed by atoms with E-state index >= 15 is 0 Å². The largest absolute Gasteiger partial charge is 0.381 e. The molecule has 2 fully saturated rings. The van der Waals surface area contributed by atoms with Crippen LogP contribution in [-0.2, 0) is 14.9 Å². The van der Waals surface area contributed by atoms with Crippen LogP contribution in [0, 0.1) is 5.92 Å². The minimum Gasteiger partial charge on any atom is -0.381 e. The normalized spacial score (nSPS) is 24.8. The van der Waals surface area contributed by atoms with Crippen LogP contribution >= 0.6 is 12.4 Å². The highest BCUT2D eigenvalue weighted by Gasteiger charge is 2.44. The van der Waals surface area contributed by atoms with Gasteiger partial charge in [-0.1, -0.05) is 30.3 Å². The van der Waals surface area contributed by atoms with Gasteiger partial charge in [0.15, 0.2) is 0 Å². The fourth-order valence-electron chi connectivity index (χ4n) is 4.03. The number of halogens is 1. The summed E-state index contributed by atoms with van der Waals surface area (Å²) in [5.41, 5.74) is 6.81. The topological polar surface area (TPSA) is 55.6 Å². The molecule has 2 N–H and O–H groups in total. The molecule has 2 aliphatic rings. The molecule has 4 nitrogen and oxygen atoms in total. The van der Waals surface area contributed by atoms with Crippen LogP contribution in [0.15, 0.2) is 30.3 Å². The van der Waals surface area contributed by atoms with Gasteiger partial charge >= 0.3 is 0 Å². The van der Waals surface area contributed by atoms with Gasteiger partial charge in [-0.2, -0.15) is 0 Å². The lowest BCUT2D eigenvalue weighted by Gasteiger charge is -2.43. The van der Waals surface area contributed by atoms with Crippen molar-refractivity contribution in [3.8, 4) is 0 Å². The van der Waals surface area contributed by atoms with Crippen molar-refractivity contribution in [3.63, 3.8) is 0 Å². The van der Waals surface area contributed by atoms with E-state index in [1.165, 1.54) is 0 Å². The van der Waals surface area contributed by atoms with Gasteiger partial charge in [0.2, 0.25) is 5.91 Å². The number of ether oxygens (including phenoxy) is 1. The molecule has 24 heavy (non-hydrogen) atoms. The Morgan fingerprint density at radius 1 is 1.29 bits per heavy atom. The number of benzene rings is 1. The Morgan fingerprint density at radius 2 is 1.96 bits per heavy atom. The minimum absolute atomic E-state index is 0. The van der Waals surface area contributed by atoms with Gasteiger partial charge in [-0.25, -0.2) is 0 Å². The van der Waals surface area contributed by atoms with Crippen LogP contribution in [0.3, 0.4) is 0 Å². The zero-order valence-corrected chi connectivity index (χ0v) is 15.3. The Kier molecular flexibility index (Phi) is 6.67. The lowest BCUT2D eigenvalue weighted by Crippen LogP contribution is -2.54. The average molecular weight is 353 g/mol. The number of amides is 1. The second-order valence-corrected chi connectivity index (χ2v) is 7.07. The molecule has 0 spiro atoms. The van der Waals surface area contributed by atoms with Crippen LogP contribution in [-0.4, -0.2) is 43.2 Å². The van der Waals surface area contributed by atoms with Crippen molar-refractivity contribution in [2.24, 2.45) is 11.7 Å². The summed E-state index contributed by atoms with van der Waals surface area (Å²) in [4.78, 5) is 15.5. The lowest BCUT2D eigenvalue weighted by molar-refractivity contribution is -0.143. The Balaban J connectivity index is 0.00000208. The third-order valence-electron chi connectivity index (χ3n) is 5.57. The summed E-state index contributed by atoms with van der Waals surface area (Å²) in [5.74, 6) is 0.692. The first-order valence-corrected chi connectivity index (χ1v) is 8.82. The van der Waals surface area contributed by atoms with E-state index in [1.54, 1.807) is 0 Å². The second kappa shape index (κ2) is 8.32. The van der Waals surface area contributed by atoms with Crippen LogP contribution in [0.2, 0.25) is 0 Å². The Labute approximate surface area is 151 Å². The van der Waals surface area contributed by atoms with Gasteiger partial charge in [-0.15, -0.1) is 12.4 Å². The summed E-state index contributed by atoms with van der Waals surface area (Å²) in [6.07, 6.45) is 3.73. The molecule has 1 aromatic rings. The van der Waals surface area contributed by atoms with Gasteiger partial charge in [0.25, 0.3) is 0 Å². The zero-order chi connectivity index (χ0) is 16.3. The number of hydrogen-bond acceptors (Lipinski definition) is 3. The van der Waals surface area contributed by atoms with Crippen molar-refractivity contribution in [2.45, 2.75) is 44.1 Å². The summed E-state index contributed by atoms with van der Waals surface area (Å²) in [6.45, 7) is 5.03. The number of hydrogen-bond donors (Lipinski definition) is 1. The van der Waals surface area contributed by atoms with E-state index in [2.05, 4.69) is 24.0 Å². The molecule has 2 aliphatic heterocycles. The van der Waals surface area contributed by atoms with Crippen molar-refractivity contribution in [2.75, 3.05) is 26.3 Å². The monoisotopic (exact) mass is 352 g/mol. The second-order valence-electron chi connectivity index (χ2n) is 7.07. The quantitative estimate of drug-likeness (QED) is 0.910. The van der Waals surface area contributed by atoms with Gasteiger partial charge in [0.05, 0.1) is 5.41 Å². The molecular formula is C19H29ClN2O2. The van der Waals surface area contributed by atoms with Gasteiger partial charge in [0.1, 0.15) is 0 Å². The number of piperidine rings is 1. The molecule has 0 bridgehead atoms. The Bertz CT molecular complexity index is 529. The molecule has 1 aromatic carbocycles. The zero-order valence-electron chi connectivity index (χ0n) is 14.4. The molecule has 1 amide bonds. The third kappa shape index (κ3) is 3.76. The summed E-state index contributed by atoms with van der Waals surface area (Å²) in [5, 5.41) is 0. The van der Waals surface area contributed by atoms with Gasteiger partial charge in [-0.05, 0) is 44.1 Å². The number of likely N-dealkylation sites (tertiary alicyclic amines) is 1. The number of nitrogens with zero attached hydrogens (tertiary/aromatic N) is 1. The van der Waals surface area contributed by atoms with Crippen LogP contribution < -0.4 is 5.73 Å².